The number of aromatic amines is 1. The van der Waals surface area contributed by atoms with Crippen molar-refractivity contribution in [2.24, 2.45) is 5.92 Å². The largest absolute Gasteiger partial charge is 0.312 e. The van der Waals surface area contributed by atoms with Crippen molar-refractivity contribution in [3.8, 4) is 11.3 Å². The number of carbonyl (C=O) groups excluding carboxylic acids is 3. The maximum Gasteiger partial charge on any atom is 0.287 e. The van der Waals surface area contributed by atoms with E-state index in [0.29, 0.717) is 5.69 Å². The first-order chi connectivity index (χ1) is 14.5. The number of aromatic nitrogens is 2. The predicted molar refractivity (Wildman–Crippen MR) is 111 cm³/mol. The molecule has 1 atom stereocenters. The molecule has 152 valence electrons. The molecule has 4 rings (SSSR count). The molecule has 8 heteroatoms. The fourth-order valence-electron chi connectivity index (χ4n) is 3.34. The number of anilines is 1. The number of rotatable bonds is 4. The molecular formula is C22H21N5O3. The Morgan fingerprint density at radius 3 is 2.53 bits per heavy atom. The zero-order chi connectivity index (χ0) is 21.1. The van der Waals surface area contributed by atoms with Crippen molar-refractivity contribution in [1.29, 1.82) is 0 Å². The van der Waals surface area contributed by atoms with Crippen LogP contribution in [0.5, 0.6) is 0 Å². The Balaban J connectivity index is 1.33. The average molecular weight is 403 g/mol. The molecule has 8 nitrogen and oxygen atoms in total. The molecule has 1 fully saturated rings. The number of hydrazine groups is 1. The van der Waals surface area contributed by atoms with Gasteiger partial charge in [-0.1, -0.05) is 48.0 Å². The van der Waals surface area contributed by atoms with Crippen LogP contribution in [0.2, 0.25) is 0 Å². The van der Waals surface area contributed by atoms with Gasteiger partial charge in [-0.2, -0.15) is 5.10 Å². The zero-order valence-electron chi connectivity index (χ0n) is 16.4. The molecule has 30 heavy (non-hydrogen) atoms. The van der Waals surface area contributed by atoms with Crippen molar-refractivity contribution in [2.45, 2.75) is 13.3 Å². The van der Waals surface area contributed by atoms with E-state index >= 15 is 0 Å². The van der Waals surface area contributed by atoms with Crippen LogP contribution in [0, 0.1) is 12.8 Å². The number of benzene rings is 2. The van der Waals surface area contributed by atoms with Gasteiger partial charge in [-0.15, -0.1) is 0 Å². The number of hydrogen-bond acceptors (Lipinski definition) is 4. The summed E-state index contributed by atoms with van der Waals surface area (Å²) in [5.41, 5.74) is 8.36. The number of amides is 3. The van der Waals surface area contributed by atoms with E-state index in [-0.39, 0.29) is 24.6 Å². The van der Waals surface area contributed by atoms with Gasteiger partial charge in [0.1, 0.15) is 5.69 Å². The molecule has 3 amide bonds. The summed E-state index contributed by atoms with van der Waals surface area (Å²) in [4.78, 5) is 38.7. The SMILES string of the molecule is Cc1ccc(N2C[C@@H](C(=O)NNC(=O)c3cc(-c4ccccc4)n[nH]3)CC2=O)cc1. The Labute approximate surface area is 173 Å². The Kier molecular flexibility index (Phi) is 5.30. The van der Waals surface area contributed by atoms with Gasteiger partial charge >= 0.3 is 0 Å². The molecule has 0 bridgehead atoms. The Morgan fingerprint density at radius 2 is 1.80 bits per heavy atom. The molecule has 3 N–H and O–H groups in total. The van der Waals surface area contributed by atoms with E-state index in [2.05, 4.69) is 21.0 Å². The monoisotopic (exact) mass is 403 g/mol. The second-order valence-electron chi connectivity index (χ2n) is 7.22. The fourth-order valence-corrected chi connectivity index (χ4v) is 3.34. The van der Waals surface area contributed by atoms with Crippen LogP contribution in [0.15, 0.2) is 60.7 Å². The number of nitrogens with zero attached hydrogens (tertiary/aromatic N) is 2. The Hall–Kier alpha value is -3.94. The summed E-state index contributed by atoms with van der Waals surface area (Å²) < 4.78 is 0. The highest BCUT2D eigenvalue weighted by Crippen LogP contribution is 2.25. The summed E-state index contributed by atoms with van der Waals surface area (Å²) in [7, 11) is 0. The van der Waals surface area contributed by atoms with Crippen molar-refractivity contribution in [3.63, 3.8) is 0 Å². The molecule has 0 spiro atoms. The van der Waals surface area contributed by atoms with E-state index in [1.807, 2.05) is 61.5 Å². The average Bonchev–Trinajstić information content (AvgIpc) is 3.40. The Bertz CT molecular complexity index is 1080. The highest BCUT2D eigenvalue weighted by atomic mass is 16.2. The Morgan fingerprint density at radius 1 is 1.07 bits per heavy atom. The first-order valence-electron chi connectivity index (χ1n) is 9.59. The predicted octanol–water partition coefficient (Wildman–Crippen LogP) is 2.20. The topological polar surface area (TPSA) is 107 Å². The van der Waals surface area contributed by atoms with Gasteiger partial charge in [-0.05, 0) is 25.1 Å². The van der Waals surface area contributed by atoms with Gasteiger partial charge in [0.15, 0.2) is 0 Å². The standard InChI is InChI=1S/C22H21N5O3/c1-14-7-9-17(10-8-14)27-13-16(11-20(27)28)21(29)25-26-22(30)19-12-18(23-24-19)15-5-3-2-4-6-15/h2-10,12,16H,11,13H2,1H3,(H,23,24)(H,25,29)(H,26,30)/t16-/m0/s1. The second kappa shape index (κ2) is 8.20. The molecule has 0 saturated carbocycles. The minimum Gasteiger partial charge on any atom is -0.312 e. The van der Waals surface area contributed by atoms with Crippen LogP contribution in [0.1, 0.15) is 22.5 Å². The minimum atomic E-state index is -0.541. The van der Waals surface area contributed by atoms with E-state index in [1.54, 1.807) is 11.0 Å². The van der Waals surface area contributed by atoms with Gasteiger partial charge in [0.25, 0.3) is 5.91 Å². The van der Waals surface area contributed by atoms with Crippen molar-refractivity contribution in [1.82, 2.24) is 21.0 Å². The summed E-state index contributed by atoms with van der Waals surface area (Å²) >= 11 is 0. The van der Waals surface area contributed by atoms with E-state index < -0.39 is 17.7 Å². The summed E-state index contributed by atoms with van der Waals surface area (Å²) in [5.74, 6) is -1.58. The summed E-state index contributed by atoms with van der Waals surface area (Å²) in [6.07, 6.45) is 0.0950. The van der Waals surface area contributed by atoms with Gasteiger partial charge in [-0.3, -0.25) is 30.3 Å². The van der Waals surface area contributed by atoms with E-state index in [0.717, 1.165) is 16.8 Å². The number of hydrogen-bond donors (Lipinski definition) is 3. The fraction of sp³-hybridized carbons (Fsp3) is 0.182. The van der Waals surface area contributed by atoms with Crippen molar-refractivity contribution < 1.29 is 14.4 Å². The van der Waals surface area contributed by atoms with Gasteiger partial charge in [0.2, 0.25) is 11.8 Å². The summed E-state index contributed by atoms with van der Waals surface area (Å²) in [6.45, 7) is 2.24. The van der Waals surface area contributed by atoms with Crippen molar-refractivity contribution >= 4 is 23.4 Å². The van der Waals surface area contributed by atoms with Crippen LogP contribution >= 0.6 is 0 Å². The highest BCUT2D eigenvalue weighted by Gasteiger charge is 2.35. The lowest BCUT2D eigenvalue weighted by atomic mass is 10.1. The number of nitrogens with one attached hydrogen (secondary N) is 3. The maximum absolute atomic E-state index is 12.5. The number of carbonyl (C=O) groups is 3. The van der Waals surface area contributed by atoms with E-state index in [1.165, 1.54) is 0 Å². The lowest BCUT2D eigenvalue weighted by Gasteiger charge is -2.17. The first-order valence-corrected chi connectivity index (χ1v) is 9.59. The molecule has 0 unspecified atom stereocenters. The first kappa shape index (κ1) is 19.4. The van der Waals surface area contributed by atoms with Gasteiger partial charge in [0.05, 0.1) is 11.6 Å². The van der Waals surface area contributed by atoms with Gasteiger partial charge < -0.3 is 4.90 Å². The number of aryl methyl sites for hydroxylation is 1. The normalized spacial score (nSPS) is 15.8. The third-order valence-corrected chi connectivity index (χ3v) is 5.03. The van der Waals surface area contributed by atoms with Crippen LogP contribution < -0.4 is 15.8 Å². The van der Waals surface area contributed by atoms with Gasteiger partial charge in [-0.25, -0.2) is 0 Å². The number of H-pyrrole nitrogens is 1. The lowest BCUT2D eigenvalue weighted by molar-refractivity contribution is -0.126. The lowest BCUT2D eigenvalue weighted by Crippen LogP contribution is -2.45. The zero-order valence-corrected chi connectivity index (χ0v) is 16.4. The molecule has 0 radical (unpaired) electrons. The molecule has 1 aromatic heterocycles. The summed E-state index contributed by atoms with van der Waals surface area (Å²) in [5, 5.41) is 6.78. The highest BCUT2D eigenvalue weighted by molar-refractivity contribution is 6.01. The molecule has 0 aliphatic carbocycles. The van der Waals surface area contributed by atoms with Crippen LogP contribution in [0.3, 0.4) is 0 Å². The molecule has 2 aromatic carbocycles. The molecule has 1 aliphatic rings. The maximum atomic E-state index is 12.5. The van der Waals surface area contributed by atoms with Crippen molar-refractivity contribution in [2.75, 3.05) is 11.4 Å². The van der Waals surface area contributed by atoms with Crippen molar-refractivity contribution in [3.05, 3.63) is 71.9 Å². The van der Waals surface area contributed by atoms with E-state index in [4.69, 9.17) is 0 Å². The molecular weight excluding hydrogens is 382 g/mol. The second-order valence-corrected chi connectivity index (χ2v) is 7.22. The van der Waals surface area contributed by atoms with Crippen LogP contribution in [0.25, 0.3) is 11.3 Å². The quantitative estimate of drug-likeness (QED) is 0.581. The van der Waals surface area contributed by atoms with Gasteiger partial charge in [0, 0.05) is 24.2 Å². The van der Waals surface area contributed by atoms with Crippen LogP contribution in [-0.2, 0) is 9.59 Å². The van der Waals surface area contributed by atoms with Crippen LogP contribution in [0.4, 0.5) is 5.69 Å². The molecule has 1 saturated heterocycles. The van der Waals surface area contributed by atoms with Crippen LogP contribution in [-0.4, -0.2) is 34.5 Å². The minimum absolute atomic E-state index is 0.0950. The molecule has 1 aliphatic heterocycles. The molecule has 3 aromatic rings. The van der Waals surface area contributed by atoms with E-state index in [9.17, 15) is 14.4 Å². The third kappa shape index (κ3) is 4.07. The smallest absolute Gasteiger partial charge is 0.287 e. The third-order valence-electron chi connectivity index (χ3n) is 5.03. The summed E-state index contributed by atoms with van der Waals surface area (Å²) in [6, 6.07) is 18.6. The molecule has 2 heterocycles.